The van der Waals surface area contributed by atoms with E-state index in [4.69, 9.17) is 14.2 Å². The summed E-state index contributed by atoms with van der Waals surface area (Å²) in [5.41, 5.74) is 3.16. The van der Waals surface area contributed by atoms with Gasteiger partial charge in [-0.2, -0.15) is 0 Å². The van der Waals surface area contributed by atoms with Crippen LogP contribution in [0.1, 0.15) is 28.4 Å². The zero-order valence-corrected chi connectivity index (χ0v) is 16.9. The van der Waals surface area contributed by atoms with E-state index < -0.39 is 0 Å². The molecule has 0 aliphatic heterocycles. The first-order chi connectivity index (χ1) is 14.1. The third kappa shape index (κ3) is 5.29. The molecule has 3 aromatic carbocycles. The number of para-hydroxylation sites is 1. The van der Waals surface area contributed by atoms with Crippen LogP contribution in [-0.2, 0) is 6.61 Å². The summed E-state index contributed by atoms with van der Waals surface area (Å²) in [6.45, 7) is 4.70. The van der Waals surface area contributed by atoms with Gasteiger partial charge in [-0.25, -0.2) is 0 Å². The minimum absolute atomic E-state index is 0.173. The molecule has 0 aliphatic carbocycles. The average molecular weight is 391 g/mol. The van der Waals surface area contributed by atoms with Crippen LogP contribution < -0.4 is 19.5 Å². The van der Waals surface area contributed by atoms with Crippen molar-refractivity contribution < 1.29 is 19.0 Å². The van der Waals surface area contributed by atoms with Crippen LogP contribution in [0.15, 0.2) is 66.7 Å². The van der Waals surface area contributed by atoms with Crippen molar-refractivity contribution >= 4 is 11.6 Å². The van der Waals surface area contributed by atoms with Crippen molar-refractivity contribution in [2.24, 2.45) is 0 Å². The molecule has 0 radical (unpaired) electrons. The molecule has 0 heterocycles. The summed E-state index contributed by atoms with van der Waals surface area (Å²) in [6, 6.07) is 20.4. The molecule has 0 aromatic heterocycles. The normalized spacial score (nSPS) is 10.3. The molecule has 0 spiro atoms. The second kappa shape index (κ2) is 9.64. The number of ether oxygens (including phenoxy) is 3. The Labute approximate surface area is 171 Å². The Morgan fingerprint density at radius 3 is 2.34 bits per heavy atom. The van der Waals surface area contributed by atoms with Crippen molar-refractivity contribution in [1.82, 2.24) is 0 Å². The lowest BCUT2D eigenvalue weighted by Gasteiger charge is -2.14. The van der Waals surface area contributed by atoms with Gasteiger partial charge in [0.05, 0.1) is 13.7 Å². The predicted octanol–water partition coefficient (Wildman–Crippen LogP) is 5.23. The van der Waals surface area contributed by atoms with Crippen LogP contribution in [0.25, 0.3) is 0 Å². The van der Waals surface area contributed by atoms with Gasteiger partial charge in [-0.1, -0.05) is 18.2 Å². The van der Waals surface area contributed by atoms with Gasteiger partial charge in [0.15, 0.2) is 0 Å². The Bertz CT molecular complexity index is 967. The fourth-order valence-electron chi connectivity index (χ4n) is 2.87. The number of anilines is 1. The third-order valence-electron chi connectivity index (χ3n) is 4.47. The van der Waals surface area contributed by atoms with E-state index in [-0.39, 0.29) is 12.5 Å². The molecule has 1 N–H and O–H groups in total. The number of methoxy groups -OCH3 is 1. The minimum Gasteiger partial charge on any atom is -0.497 e. The van der Waals surface area contributed by atoms with Crippen LogP contribution in [0.4, 0.5) is 5.69 Å². The van der Waals surface area contributed by atoms with E-state index in [0.717, 1.165) is 22.6 Å². The topological polar surface area (TPSA) is 56.8 Å². The van der Waals surface area contributed by atoms with Gasteiger partial charge in [0.2, 0.25) is 0 Å². The number of rotatable bonds is 8. The van der Waals surface area contributed by atoms with Gasteiger partial charge >= 0.3 is 0 Å². The molecule has 3 rings (SSSR count). The number of nitrogens with one attached hydrogen (secondary N) is 1. The molecule has 150 valence electrons. The number of aryl methyl sites for hydroxylation is 1. The first kappa shape index (κ1) is 20.3. The standard InChI is InChI=1S/C24H25NO4/c1-4-28-23-14-9-18(24(26)25-22-8-6-5-7-17(22)2)15-19(23)16-29-21-12-10-20(27-3)11-13-21/h5-15H,4,16H2,1-3H3,(H,25,26). The lowest BCUT2D eigenvalue weighted by Crippen LogP contribution is -2.13. The molecule has 0 aliphatic rings. The first-order valence-corrected chi connectivity index (χ1v) is 9.50. The predicted molar refractivity (Wildman–Crippen MR) is 114 cm³/mol. The number of hydrogen-bond donors (Lipinski definition) is 1. The average Bonchev–Trinajstić information content (AvgIpc) is 2.75. The lowest BCUT2D eigenvalue weighted by atomic mass is 10.1. The maximum Gasteiger partial charge on any atom is 0.255 e. The molecule has 0 atom stereocenters. The Morgan fingerprint density at radius 1 is 0.931 bits per heavy atom. The monoisotopic (exact) mass is 391 g/mol. The van der Waals surface area contributed by atoms with E-state index >= 15 is 0 Å². The van der Waals surface area contributed by atoms with Gasteiger partial charge < -0.3 is 19.5 Å². The van der Waals surface area contributed by atoms with Crippen LogP contribution in [-0.4, -0.2) is 19.6 Å². The summed E-state index contributed by atoms with van der Waals surface area (Å²) in [5, 5.41) is 2.96. The molecule has 1 amide bonds. The molecule has 29 heavy (non-hydrogen) atoms. The van der Waals surface area contributed by atoms with Crippen LogP contribution in [0, 0.1) is 6.92 Å². The van der Waals surface area contributed by atoms with Crippen LogP contribution in [0.3, 0.4) is 0 Å². The highest BCUT2D eigenvalue weighted by Crippen LogP contribution is 2.25. The molecule has 5 nitrogen and oxygen atoms in total. The Kier molecular flexibility index (Phi) is 6.74. The van der Waals surface area contributed by atoms with Gasteiger partial charge in [0.1, 0.15) is 23.9 Å². The second-order valence-corrected chi connectivity index (χ2v) is 6.49. The summed E-state index contributed by atoms with van der Waals surface area (Å²) in [5.74, 6) is 2.01. The molecular formula is C24H25NO4. The van der Waals surface area contributed by atoms with Gasteiger partial charge in [0, 0.05) is 16.8 Å². The lowest BCUT2D eigenvalue weighted by molar-refractivity contribution is 0.102. The van der Waals surface area contributed by atoms with Crippen LogP contribution in [0.2, 0.25) is 0 Å². The zero-order chi connectivity index (χ0) is 20.6. The molecule has 5 heteroatoms. The molecule has 0 fully saturated rings. The fourth-order valence-corrected chi connectivity index (χ4v) is 2.87. The van der Waals surface area contributed by atoms with Crippen LogP contribution in [0.5, 0.6) is 17.2 Å². The van der Waals surface area contributed by atoms with Gasteiger partial charge in [-0.15, -0.1) is 0 Å². The Morgan fingerprint density at radius 2 is 1.66 bits per heavy atom. The maximum atomic E-state index is 12.7. The Balaban J connectivity index is 1.77. The van der Waals surface area contributed by atoms with E-state index in [1.165, 1.54) is 0 Å². The van der Waals surface area contributed by atoms with Gasteiger partial charge in [-0.3, -0.25) is 4.79 Å². The van der Waals surface area contributed by atoms with Crippen LogP contribution >= 0.6 is 0 Å². The minimum atomic E-state index is -0.173. The summed E-state index contributed by atoms with van der Waals surface area (Å²) in [6.07, 6.45) is 0. The Hall–Kier alpha value is -3.47. The smallest absolute Gasteiger partial charge is 0.255 e. The third-order valence-corrected chi connectivity index (χ3v) is 4.47. The molecular weight excluding hydrogens is 366 g/mol. The molecule has 0 unspecified atom stereocenters. The maximum absolute atomic E-state index is 12.7. The number of hydrogen-bond acceptors (Lipinski definition) is 4. The van der Waals surface area contributed by atoms with Crippen molar-refractivity contribution in [3.8, 4) is 17.2 Å². The number of amides is 1. The van der Waals surface area contributed by atoms with E-state index in [2.05, 4.69) is 5.32 Å². The number of carbonyl (C=O) groups excluding carboxylic acids is 1. The van der Waals surface area contributed by atoms with Crippen molar-refractivity contribution in [2.75, 3.05) is 19.0 Å². The van der Waals surface area contributed by atoms with Crippen molar-refractivity contribution in [2.45, 2.75) is 20.5 Å². The molecule has 0 saturated heterocycles. The number of carbonyl (C=O) groups is 1. The highest BCUT2D eigenvalue weighted by Gasteiger charge is 2.12. The summed E-state index contributed by atoms with van der Waals surface area (Å²) in [7, 11) is 1.62. The zero-order valence-electron chi connectivity index (χ0n) is 16.9. The van der Waals surface area contributed by atoms with E-state index in [1.807, 2.05) is 74.5 Å². The van der Waals surface area contributed by atoms with E-state index in [0.29, 0.717) is 23.7 Å². The van der Waals surface area contributed by atoms with Gasteiger partial charge in [-0.05, 0) is 67.9 Å². The van der Waals surface area contributed by atoms with E-state index in [9.17, 15) is 4.79 Å². The largest absolute Gasteiger partial charge is 0.497 e. The fraction of sp³-hybridized carbons (Fsp3) is 0.208. The first-order valence-electron chi connectivity index (χ1n) is 9.50. The highest BCUT2D eigenvalue weighted by molar-refractivity contribution is 6.04. The quantitative estimate of drug-likeness (QED) is 0.571. The van der Waals surface area contributed by atoms with Crippen molar-refractivity contribution in [1.29, 1.82) is 0 Å². The number of benzene rings is 3. The molecule has 0 bridgehead atoms. The summed E-state index contributed by atoms with van der Waals surface area (Å²) in [4.78, 5) is 12.7. The summed E-state index contributed by atoms with van der Waals surface area (Å²) >= 11 is 0. The van der Waals surface area contributed by atoms with Crippen molar-refractivity contribution in [3.05, 3.63) is 83.4 Å². The van der Waals surface area contributed by atoms with Gasteiger partial charge in [0.25, 0.3) is 5.91 Å². The second-order valence-electron chi connectivity index (χ2n) is 6.49. The van der Waals surface area contributed by atoms with E-state index in [1.54, 1.807) is 13.2 Å². The molecule has 0 saturated carbocycles. The van der Waals surface area contributed by atoms with Crippen molar-refractivity contribution in [3.63, 3.8) is 0 Å². The summed E-state index contributed by atoms with van der Waals surface area (Å²) < 4.78 is 16.7. The molecule has 3 aromatic rings. The SMILES string of the molecule is CCOc1ccc(C(=O)Nc2ccccc2C)cc1COc1ccc(OC)cc1. The highest BCUT2D eigenvalue weighted by atomic mass is 16.5.